The van der Waals surface area contributed by atoms with Crippen LogP contribution in [0.15, 0.2) is 54.6 Å². The molecular weight excluding hydrogens is 372 g/mol. The molecule has 1 atom stereocenters. The molecule has 0 amide bonds. The van der Waals surface area contributed by atoms with Crippen molar-refractivity contribution in [1.29, 1.82) is 0 Å². The first-order valence-electron chi connectivity index (χ1n) is 9.94. The molecule has 1 heterocycles. The van der Waals surface area contributed by atoms with Gasteiger partial charge in [-0.05, 0) is 43.0 Å². The van der Waals surface area contributed by atoms with Crippen LogP contribution >= 0.6 is 0 Å². The fraction of sp³-hybridized carbons (Fsp3) is 0.455. The molecule has 0 aliphatic carbocycles. The number of nitrogens with zero attached hydrogens (tertiary/aromatic N) is 1. The molecule has 1 unspecified atom stereocenters. The molecular formula is C22H30N2O3S. The Morgan fingerprint density at radius 1 is 1.07 bits per heavy atom. The standard InChI is InChI=1S/C22H30N2O3S/c1-19-9-5-6-12-21(19)18-28(25,26)23-13-7-8-14-24-15-16-27-22(17-24)20-10-3-2-4-11-20/h2-6,9-12,22-23H,7-8,13-18H2,1H3. The topological polar surface area (TPSA) is 58.6 Å². The minimum atomic E-state index is -3.29. The van der Waals surface area contributed by atoms with Crippen LogP contribution in [0.3, 0.4) is 0 Å². The van der Waals surface area contributed by atoms with Crippen molar-refractivity contribution in [2.75, 3.05) is 32.8 Å². The highest BCUT2D eigenvalue weighted by Gasteiger charge is 2.21. The first kappa shape index (κ1) is 21.0. The molecule has 0 aromatic heterocycles. The third-order valence-electron chi connectivity index (χ3n) is 5.15. The lowest BCUT2D eigenvalue weighted by Crippen LogP contribution is -2.39. The van der Waals surface area contributed by atoms with E-state index in [0.717, 1.165) is 50.2 Å². The Labute approximate surface area is 168 Å². The summed E-state index contributed by atoms with van der Waals surface area (Å²) in [6.45, 7) is 5.96. The van der Waals surface area contributed by atoms with E-state index in [4.69, 9.17) is 4.74 Å². The van der Waals surface area contributed by atoms with Gasteiger partial charge in [-0.25, -0.2) is 13.1 Å². The Balaban J connectivity index is 1.37. The van der Waals surface area contributed by atoms with E-state index < -0.39 is 10.0 Å². The maximum atomic E-state index is 12.3. The summed E-state index contributed by atoms with van der Waals surface area (Å²) in [5.74, 6) is 0.0435. The van der Waals surface area contributed by atoms with E-state index in [1.165, 1.54) is 5.56 Å². The van der Waals surface area contributed by atoms with Crippen molar-refractivity contribution < 1.29 is 13.2 Å². The molecule has 0 spiro atoms. The molecule has 5 nitrogen and oxygen atoms in total. The van der Waals surface area contributed by atoms with Gasteiger partial charge in [0, 0.05) is 19.6 Å². The average molecular weight is 403 g/mol. The van der Waals surface area contributed by atoms with Gasteiger partial charge in [0.25, 0.3) is 0 Å². The maximum Gasteiger partial charge on any atom is 0.215 e. The van der Waals surface area contributed by atoms with Gasteiger partial charge >= 0.3 is 0 Å². The predicted molar refractivity (Wildman–Crippen MR) is 113 cm³/mol. The van der Waals surface area contributed by atoms with Gasteiger partial charge in [0.1, 0.15) is 0 Å². The summed E-state index contributed by atoms with van der Waals surface area (Å²) >= 11 is 0. The summed E-state index contributed by atoms with van der Waals surface area (Å²) in [7, 11) is -3.29. The number of unbranched alkanes of at least 4 members (excludes halogenated alkanes) is 1. The van der Waals surface area contributed by atoms with E-state index in [-0.39, 0.29) is 11.9 Å². The van der Waals surface area contributed by atoms with Crippen molar-refractivity contribution in [3.8, 4) is 0 Å². The number of rotatable bonds is 9. The summed E-state index contributed by atoms with van der Waals surface area (Å²) in [6, 6.07) is 17.9. The van der Waals surface area contributed by atoms with Crippen LogP contribution in [-0.4, -0.2) is 46.1 Å². The number of hydrogen-bond donors (Lipinski definition) is 1. The third kappa shape index (κ3) is 6.41. The zero-order valence-electron chi connectivity index (χ0n) is 16.5. The molecule has 0 bridgehead atoms. The number of morpholine rings is 1. The fourth-order valence-electron chi connectivity index (χ4n) is 3.49. The number of sulfonamides is 1. The van der Waals surface area contributed by atoms with Crippen LogP contribution < -0.4 is 4.72 Å². The van der Waals surface area contributed by atoms with Gasteiger partial charge in [-0.15, -0.1) is 0 Å². The second-order valence-electron chi connectivity index (χ2n) is 7.36. The van der Waals surface area contributed by atoms with E-state index in [1.807, 2.05) is 49.4 Å². The molecule has 1 aliphatic heterocycles. The van der Waals surface area contributed by atoms with E-state index in [1.54, 1.807) is 0 Å². The summed E-state index contributed by atoms with van der Waals surface area (Å²) < 4.78 is 33.2. The first-order chi connectivity index (χ1) is 13.5. The molecule has 3 rings (SSSR count). The van der Waals surface area contributed by atoms with Crippen molar-refractivity contribution >= 4 is 10.0 Å². The summed E-state index contributed by atoms with van der Waals surface area (Å²) in [6.07, 6.45) is 1.93. The zero-order valence-corrected chi connectivity index (χ0v) is 17.3. The SMILES string of the molecule is Cc1ccccc1CS(=O)(=O)NCCCCN1CCOC(c2ccccc2)C1. The molecule has 0 saturated carbocycles. The van der Waals surface area contributed by atoms with Crippen molar-refractivity contribution in [3.05, 3.63) is 71.3 Å². The van der Waals surface area contributed by atoms with Crippen LogP contribution in [0.25, 0.3) is 0 Å². The van der Waals surface area contributed by atoms with E-state index in [0.29, 0.717) is 6.54 Å². The number of ether oxygens (including phenoxy) is 1. The summed E-state index contributed by atoms with van der Waals surface area (Å²) in [5, 5.41) is 0. The highest BCUT2D eigenvalue weighted by Crippen LogP contribution is 2.22. The Hall–Kier alpha value is -1.73. The van der Waals surface area contributed by atoms with Crippen molar-refractivity contribution in [2.24, 2.45) is 0 Å². The van der Waals surface area contributed by atoms with Crippen molar-refractivity contribution in [3.63, 3.8) is 0 Å². The van der Waals surface area contributed by atoms with Crippen LogP contribution in [0, 0.1) is 6.92 Å². The molecule has 1 aliphatic rings. The minimum Gasteiger partial charge on any atom is -0.371 e. The fourth-order valence-corrected chi connectivity index (χ4v) is 4.78. The molecule has 1 fully saturated rings. The van der Waals surface area contributed by atoms with Gasteiger partial charge < -0.3 is 4.74 Å². The van der Waals surface area contributed by atoms with Gasteiger partial charge in [-0.2, -0.15) is 0 Å². The number of aryl methyl sites for hydroxylation is 1. The third-order valence-corrected chi connectivity index (χ3v) is 6.49. The number of hydrogen-bond acceptors (Lipinski definition) is 4. The molecule has 0 radical (unpaired) electrons. The van der Waals surface area contributed by atoms with Gasteiger partial charge in [0.05, 0.1) is 18.5 Å². The second-order valence-corrected chi connectivity index (χ2v) is 9.16. The predicted octanol–water partition coefficient (Wildman–Crippen LogP) is 3.27. The van der Waals surface area contributed by atoms with Crippen molar-refractivity contribution in [1.82, 2.24) is 9.62 Å². The number of nitrogens with one attached hydrogen (secondary N) is 1. The van der Waals surface area contributed by atoms with Crippen LogP contribution in [-0.2, 0) is 20.5 Å². The molecule has 2 aromatic rings. The molecule has 1 saturated heterocycles. The van der Waals surface area contributed by atoms with Crippen LogP contribution in [0.4, 0.5) is 0 Å². The van der Waals surface area contributed by atoms with Gasteiger partial charge in [0.2, 0.25) is 10.0 Å². The first-order valence-corrected chi connectivity index (χ1v) is 11.6. The molecule has 1 N–H and O–H groups in total. The lowest BCUT2D eigenvalue weighted by Gasteiger charge is -2.33. The van der Waals surface area contributed by atoms with Crippen LogP contribution in [0.2, 0.25) is 0 Å². The smallest absolute Gasteiger partial charge is 0.215 e. The lowest BCUT2D eigenvalue weighted by molar-refractivity contribution is -0.0303. The Bertz CT molecular complexity index is 840. The zero-order chi connectivity index (χ0) is 19.8. The normalized spacial score (nSPS) is 18.2. The van der Waals surface area contributed by atoms with Gasteiger partial charge in [-0.1, -0.05) is 54.6 Å². The van der Waals surface area contributed by atoms with Gasteiger partial charge in [0.15, 0.2) is 0 Å². The van der Waals surface area contributed by atoms with E-state index in [9.17, 15) is 8.42 Å². The van der Waals surface area contributed by atoms with Crippen LogP contribution in [0.5, 0.6) is 0 Å². The van der Waals surface area contributed by atoms with Gasteiger partial charge in [-0.3, -0.25) is 4.90 Å². The quantitative estimate of drug-likeness (QED) is 0.654. The monoisotopic (exact) mass is 402 g/mol. The van der Waals surface area contributed by atoms with Crippen molar-refractivity contribution in [2.45, 2.75) is 31.6 Å². The summed E-state index contributed by atoms with van der Waals surface area (Å²) in [4.78, 5) is 2.41. The molecule has 6 heteroatoms. The Morgan fingerprint density at radius 3 is 2.61 bits per heavy atom. The molecule has 152 valence electrons. The Morgan fingerprint density at radius 2 is 1.82 bits per heavy atom. The number of benzene rings is 2. The van der Waals surface area contributed by atoms with Crippen LogP contribution in [0.1, 0.15) is 35.6 Å². The van der Waals surface area contributed by atoms with E-state index >= 15 is 0 Å². The highest BCUT2D eigenvalue weighted by atomic mass is 32.2. The molecule has 28 heavy (non-hydrogen) atoms. The minimum absolute atomic E-state index is 0.0435. The average Bonchev–Trinajstić information content (AvgIpc) is 2.70. The summed E-state index contributed by atoms with van der Waals surface area (Å²) in [5.41, 5.74) is 3.08. The van der Waals surface area contributed by atoms with E-state index in [2.05, 4.69) is 21.8 Å². The second kappa shape index (κ2) is 10.2. The Kier molecular flexibility index (Phi) is 7.62. The maximum absolute atomic E-state index is 12.3. The molecule has 2 aromatic carbocycles. The largest absolute Gasteiger partial charge is 0.371 e. The highest BCUT2D eigenvalue weighted by molar-refractivity contribution is 7.88. The lowest BCUT2D eigenvalue weighted by atomic mass is 10.1.